The number of benzene rings is 1. The lowest BCUT2D eigenvalue weighted by Gasteiger charge is -2.41. The van der Waals surface area contributed by atoms with Gasteiger partial charge in [0.25, 0.3) is 0 Å². The molecule has 2 heterocycles. The van der Waals surface area contributed by atoms with Gasteiger partial charge in [-0.2, -0.15) is 4.31 Å². The van der Waals surface area contributed by atoms with Gasteiger partial charge < -0.3 is 14.8 Å². The van der Waals surface area contributed by atoms with Gasteiger partial charge in [0, 0.05) is 20.1 Å². The quantitative estimate of drug-likeness (QED) is 0.908. The summed E-state index contributed by atoms with van der Waals surface area (Å²) >= 11 is 0. The Kier molecular flexibility index (Phi) is 3.15. The van der Waals surface area contributed by atoms with Gasteiger partial charge in [-0.3, -0.25) is 0 Å². The first-order valence-electron chi connectivity index (χ1n) is 6.61. The SMILES string of the molecule is CCS(=O)(=O)N1CC[C@@]2(OC)Oc3ccccc3N[C@@H]12. The number of nitrogens with zero attached hydrogens (tertiary/aromatic N) is 1. The largest absolute Gasteiger partial charge is 0.456 e. The van der Waals surface area contributed by atoms with Crippen molar-refractivity contribution in [2.75, 3.05) is 24.7 Å². The molecule has 2 atom stereocenters. The van der Waals surface area contributed by atoms with E-state index in [1.165, 1.54) is 4.31 Å². The molecule has 1 fully saturated rings. The van der Waals surface area contributed by atoms with Crippen LogP contribution >= 0.6 is 0 Å². The van der Waals surface area contributed by atoms with Gasteiger partial charge in [0.1, 0.15) is 5.75 Å². The van der Waals surface area contributed by atoms with Gasteiger partial charge >= 0.3 is 0 Å². The number of hydrogen-bond donors (Lipinski definition) is 1. The first kappa shape index (κ1) is 13.7. The van der Waals surface area contributed by atoms with E-state index in [-0.39, 0.29) is 5.75 Å². The van der Waals surface area contributed by atoms with Crippen LogP contribution in [0.4, 0.5) is 5.69 Å². The molecule has 0 bridgehead atoms. The van der Waals surface area contributed by atoms with Gasteiger partial charge in [-0.1, -0.05) is 12.1 Å². The molecule has 0 saturated carbocycles. The Bertz CT molecular complexity index is 619. The summed E-state index contributed by atoms with van der Waals surface area (Å²) in [5, 5.41) is 3.24. The monoisotopic (exact) mass is 298 g/mol. The standard InChI is InChI=1S/C13H18N2O4S/c1-3-20(16,17)15-9-8-13(18-2)12(15)14-10-6-4-5-7-11(10)19-13/h4-7,12,14H,3,8-9H2,1-2H3/t12-,13+/m0/s1. The van der Waals surface area contributed by atoms with E-state index in [0.717, 1.165) is 5.69 Å². The molecule has 0 spiro atoms. The Balaban J connectivity index is 2.03. The van der Waals surface area contributed by atoms with Crippen LogP contribution in [0, 0.1) is 0 Å². The third-order valence-electron chi connectivity index (χ3n) is 3.91. The molecule has 0 aliphatic carbocycles. The molecule has 7 heteroatoms. The Morgan fingerprint density at radius 1 is 1.50 bits per heavy atom. The highest BCUT2D eigenvalue weighted by Gasteiger charge is 2.56. The number of para-hydroxylation sites is 2. The van der Waals surface area contributed by atoms with Crippen LogP contribution in [0.25, 0.3) is 0 Å². The molecule has 1 N–H and O–H groups in total. The number of fused-ring (bicyclic) bond motifs is 2. The van der Waals surface area contributed by atoms with Crippen molar-refractivity contribution < 1.29 is 17.9 Å². The lowest BCUT2D eigenvalue weighted by Crippen LogP contribution is -2.58. The van der Waals surface area contributed by atoms with Crippen molar-refractivity contribution in [2.45, 2.75) is 25.3 Å². The number of anilines is 1. The van der Waals surface area contributed by atoms with Crippen LogP contribution in [-0.4, -0.2) is 44.1 Å². The fraction of sp³-hybridized carbons (Fsp3) is 0.538. The maximum absolute atomic E-state index is 12.2. The number of rotatable bonds is 3. The summed E-state index contributed by atoms with van der Waals surface area (Å²) in [6.45, 7) is 2.02. The summed E-state index contributed by atoms with van der Waals surface area (Å²) < 4.78 is 37.4. The minimum absolute atomic E-state index is 0.0621. The molecule has 0 unspecified atom stereocenters. The zero-order chi connectivity index (χ0) is 14.4. The molecular weight excluding hydrogens is 280 g/mol. The van der Waals surface area contributed by atoms with Crippen molar-refractivity contribution >= 4 is 15.7 Å². The highest BCUT2D eigenvalue weighted by atomic mass is 32.2. The second-order valence-corrected chi connectivity index (χ2v) is 7.13. The fourth-order valence-corrected chi connectivity index (χ4v) is 4.00. The van der Waals surface area contributed by atoms with Crippen molar-refractivity contribution in [3.63, 3.8) is 0 Å². The zero-order valence-corrected chi connectivity index (χ0v) is 12.3. The maximum atomic E-state index is 12.2. The number of methoxy groups -OCH3 is 1. The maximum Gasteiger partial charge on any atom is 0.246 e. The van der Waals surface area contributed by atoms with Gasteiger partial charge in [-0.05, 0) is 19.1 Å². The third kappa shape index (κ3) is 1.88. The Morgan fingerprint density at radius 2 is 2.25 bits per heavy atom. The molecule has 2 aliphatic rings. The Labute approximate surface area is 118 Å². The zero-order valence-electron chi connectivity index (χ0n) is 11.5. The first-order chi connectivity index (χ1) is 9.52. The van der Waals surface area contributed by atoms with Gasteiger partial charge in [0.2, 0.25) is 15.8 Å². The molecule has 1 aromatic carbocycles. The molecule has 1 aromatic rings. The topological polar surface area (TPSA) is 67.9 Å². The van der Waals surface area contributed by atoms with E-state index in [0.29, 0.717) is 18.7 Å². The van der Waals surface area contributed by atoms with E-state index in [1.807, 2.05) is 24.3 Å². The summed E-state index contributed by atoms with van der Waals surface area (Å²) in [5.74, 6) is -0.218. The van der Waals surface area contributed by atoms with Crippen molar-refractivity contribution in [2.24, 2.45) is 0 Å². The van der Waals surface area contributed by atoms with Crippen molar-refractivity contribution in [1.82, 2.24) is 4.31 Å². The van der Waals surface area contributed by atoms with Crippen LogP contribution in [0.5, 0.6) is 5.75 Å². The van der Waals surface area contributed by atoms with E-state index in [4.69, 9.17) is 9.47 Å². The summed E-state index contributed by atoms with van der Waals surface area (Å²) in [4.78, 5) is 0. The van der Waals surface area contributed by atoms with Crippen LogP contribution in [-0.2, 0) is 14.8 Å². The molecule has 1 saturated heterocycles. The van der Waals surface area contributed by atoms with Crippen LogP contribution in [0.1, 0.15) is 13.3 Å². The lowest BCUT2D eigenvalue weighted by molar-refractivity contribution is -0.173. The van der Waals surface area contributed by atoms with E-state index in [1.54, 1.807) is 14.0 Å². The number of hydrogen-bond acceptors (Lipinski definition) is 5. The average molecular weight is 298 g/mol. The summed E-state index contributed by atoms with van der Waals surface area (Å²) in [6.07, 6.45) is -0.0401. The molecule has 2 aliphatic heterocycles. The van der Waals surface area contributed by atoms with Crippen LogP contribution in [0.3, 0.4) is 0 Å². The second-order valence-electron chi connectivity index (χ2n) is 4.92. The van der Waals surface area contributed by atoms with E-state index in [9.17, 15) is 8.42 Å². The van der Waals surface area contributed by atoms with Gasteiger partial charge in [0.05, 0.1) is 11.4 Å². The lowest BCUT2D eigenvalue weighted by atomic mass is 10.1. The molecule has 3 rings (SSSR count). The third-order valence-corrected chi connectivity index (χ3v) is 5.75. The Hall–Kier alpha value is -1.31. The van der Waals surface area contributed by atoms with Gasteiger partial charge in [-0.25, -0.2) is 8.42 Å². The molecule has 0 radical (unpaired) electrons. The van der Waals surface area contributed by atoms with Gasteiger partial charge in [-0.15, -0.1) is 0 Å². The molecular formula is C13H18N2O4S. The number of sulfonamides is 1. The molecule has 110 valence electrons. The number of ether oxygens (including phenoxy) is 2. The minimum Gasteiger partial charge on any atom is -0.456 e. The molecule has 6 nitrogen and oxygen atoms in total. The van der Waals surface area contributed by atoms with E-state index < -0.39 is 22.0 Å². The smallest absolute Gasteiger partial charge is 0.246 e. The Morgan fingerprint density at radius 3 is 2.95 bits per heavy atom. The van der Waals surface area contributed by atoms with E-state index >= 15 is 0 Å². The normalized spacial score (nSPS) is 29.2. The summed E-state index contributed by atoms with van der Waals surface area (Å²) in [5.41, 5.74) is 0.781. The van der Waals surface area contributed by atoms with Crippen molar-refractivity contribution in [3.8, 4) is 5.75 Å². The highest BCUT2D eigenvalue weighted by Crippen LogP contribution is 2.43. The first-order valence-corrected chi connectivity index (χ1v) is 8.22. The van der Waals surface area contributed by atoms with Crippen LogP contribution in [0.15, 0.2) is 24.3 Å². The molecule has 0 aromatic heterocycles. The predicted molar refractivity (Wildman–Crippen MR) is 75.0 cm³/mol. The van der Waals surface area contributed by atoms with Crippen molar-refractivity contribution in [3.05, 3.63) is 24.3 Å². The average Bonchev–Trinajstić information content (AvgIpc) is 2.84. The summed E-state index contributed by atoms with van der Waals surface area (Å²) in [6, 6.07) is 7.46. The highest BCUT2D eigenvalue weighted by molar-refractivity contribution is 7.89. The number of nitrogens with one attached hydrogen (secondary N) is 1. The molecule has 0 amide bonds. The van der Waals surface area contributed by atoms with Crippen molar-refractivity contribution in [1.29, 1.82) is 0 Å². The van der Waals surface area contributed by atoms with E-state index in [2.05, 4.69) is 5.32 Å². The van der Waals surface area contributed by atoms with Gasteiger partial charge in [0.15, 0.2) is 6.17 Å². The minimum atomic E-state index is -3.31. The second kappa shape index (κ2) is 4.61. The summed E-state index contributed by atoms with van der Waals surface area (Å²) in [7, 11) is -1.76. The fourth-order valence-electron chi connectivity index (χ4n) is 2.77. The van der Waals surface area contributed by atoms with Crippen LogP contribution in [0.2, 0.25) is 0 Å². The predicted octanol–water partition coefficient (Wildman–Crippen LogP) is 1.22. The van der Waals surface area contributed by atoms with Crippen LogP contribution < -0.4 is 10.1 Å². The molecule has 20 heavy (non-hydrogen) atoms.